The minimum atomic E-state index is -0.473. The molecule has 5 heteroatoms. The Bertz CT molecular complexity index is 811. The van der Waals surface area contributed by atoms with Gasteiger partial charge < -0.3 is 15.4 Å². The molecule has 0 unspecified atom stereocenters. The van der Waals surface area contributed by atoms with Gasteiger partial charge in [0, 0.05) is 23.8 Å². The first-order valence-electron chi connectivity index (χ1n) is 9.60. The number of fused-ring (bicyclic) bond motifs is 1. The molecule has 0 bridgehead atoms. The van der Waals surface area contributed by atoms with Gasteiger partial charge in [0.2, 0.25) is 0 Å². The number of carbonyl (C=O) groups excluding carboxylic acids is 1. The van der Waals surface area contributed by atoms with Gasteiger partial charge in [-0.2, -0.15) is 0 Å². The van der Waals surface area contributed by atoms with E-state index in [1.807, 2.05) is 45.9 Å². The van der Waals surface area contributed by atoms with Crippen LogP contribution in [-0.2, 0) is 11.2 Å². The van der Waals surface area contributed by atoms with Crippen molar-refractivity contribution in [2.75, 3.05) is 11.9 Å². The monoisotopic (exact) mass is 367 g/mol. The third-order valence-electron chi connectivity index (χ3n) is 4.63. The number of aromatic nitrogens is 1. The molecule has 1 aromatic carbocycles. The molecule has 0 radical (unpaired) electrons. The molecule has 144 valence electrons. The molecule has 3 rings (SSSR count). The molecule has 2 aromatic rings. The number of anilines is 2. The number of amides is 1. The van der Waals surface area contributed by atoms with E-state index in [2.05, 4.69) is 33.8 Å². The predicted octanol–water partition coefficient (Wildman–Crippen LogP) is 5.08. The van der Waals surface area contributed by atoms with Crippen LogP contribution in [0.25, 0.3) is 0 Å². The van der Waals surface area contributed by atoms with Crippen molar-refractivity contribution in [3.8, 4) is 0 Å². The van der Waals surface area contributed by atoms with Crippen LogP contribution in [0.15, 0.2) is 36.4 Å². The lowest BCUT2D eigenvalue weighted by Gasteiger charge is -2.27. The fraction of sp³-hybridized carbons (Fsp3) is 0.455. The summed E-state index contributed by atoms with van der Waals surface area (Å²) in [4.78, 5) is 16.4. The van der Waals surface area contributed by atoms with Crippen molar-refractivity contribution in [2.45, 2.75) is 58.5 Å². The van der Waals surface area contributed by atoms with Gasteiger partial charge in [-0.15, -0.1) is 0 Å². The summed E-state index contributed by atoms with van der Waals surface area (Å²) in [5, 5.41) is 6.31. The molecule has 5 nitrogen and oxygen atoms in total. The minimum Gasteiger partial charge on any atom is -0.444 e. The Balaban J connectivity index is 1.66. The fourth-order valence-electron chi connectivity index (χ4n) is 3.49. The number of rotatable bonds is 4. The molecular formula is C22H29N3O2. The molecule has 1 aliphatic rings. The average Bonchev–Trinajstić information content (AvgIpc) is 2.58. The van der Waals surface area contributed by atoms with Gasteiger partial charge in [-0.1, -0.05) is 12.1 Å². The SMILES string of the molecule is Cc1cccc(Nc2ccc3c(c2)CCC[C@H]3CNC(=O)OC(C)(C)C)n1. The maximum Gasteiger partial charge on any atom is 0.407 e. The zero-order chi connectivity index (χ0) is 19.4. The highest BCUT2D eigenvalue weighted by Gasteiger charge is 2.22. The van der Waals surface area contributed by atoms with Crippen molar-refractivity contribution in [1.82, 2.24) is 10.3 Å². The van der Waals surface area contributed by atoms with Crippen LogP contribution in [0.3, 0.4) is 0 Å². The number of pyridine rings is 1. The van der Waals surface area contributed by atoms with E-state index in [4.69, 9.17) is 4.74 Å². The lowest BCUT2D eigenvalue weighted by Crippen LogP contribution is -2.35. The molecule has 1 aromatic heterocycles. The quantitative estimate of drug-likeness (QED) is 0.791. The molecule has 27 heavy (non-hydrogen) atoms. The van der Waals surface area contributed by atoms with Crippen LogP contribution >= 0.6 is 0 Å². The summed E-state index contributed by atoms with van der Waals surface area (Å²) in [6.07, 6.45) is 2.92. The standard InChI is InChI=1S/C22H29N3O2/c1-15-7-5-10-20(24-15)25-18-11-12-19-16(13-18)8-6-9-17(19)14-23-21(26)27-22(2,3)4/h5,7,10-13,17H,6,8-9,14H2,1-4H3,(H,23,26)(H,24,25)/t17-/m0/s1. The number of carbonyl (C=O) groups is 1. The second kappa shape index (κ2) is 7.99. The van der Waals surface area contributed by atoms with E-state index in [9.17, 15) is 4.79 Å². The number of nitrogens with zero attached hydrogens (tertiary/aromatic N) is 1. The zero-order valence-electron chi connectivity index (χ0n) is 16.6. The van der Waals surface area contributed by atoms with E-state index in [-0.39, 0.29) is 6.09 Å². The van der Waals surface area contributed by atoms with Crippen LogP contribution in [0.5, 0.6) is 0 Å². The van der Waals surface area contributed by atoms with Crippen molar-refractivity contribution in [3.63, 3.8) is 0 Å². The Kier molecular flexibility index (Phi) is 5.68. The number of ether oxygens (including phenoxy) is 1. The van der Waals surface area contributed by atoms with Gasteiger partial charge in [0.15, 0.2) is 0 Å². The maximum atomic E-state index is 11.9. The van der Waals surface area contributed by atoms with Gasteiger partial charge in [0.25, 0.3) is 0 Å². The lowest BCUT2D eigenvalue weighted by molar-refractivity contribution is 0.0523. The van der Waals surface area contributed by atoms with Crippen LogP contribution in [-0.4, -0.2) is 23.2 Å². The topological polar surface area (TPSA) is 63.2 Å². The van der Waals surface area contributed by atoms with E-state index >= 15 is 0 Å². The highest BCUT2D eigenvalue weighted by atomic mass is 16.6. The summed E-state index contributed by atoms with van der Waals surface area (Å²) >= 11 is 0. The van der Waals surface area contributed by atoms with Gasteiger partial charge in [0.05, 0.1) is 0 Å². The van der Waals surface area contributed by atoms with Crippen LogP contribution in [0.1, 0.15) is 56.4 Å². The van der Waals surface area contributed by atoms with Crippen LogP contribution in [0.4, 0.5) is 16.3 Å². The number of nitrogens with one attached hydrogen (secondary N) is 2. The zero-order valence-corrected chi connectivity index (χ0v) is 16.6. The highest BCUT2D eigenvalue weighted by Crippen LogP contribution is 2.33. The highest BCUT2D eigenvalue weighted by molar-refractivity contribution is 5.67. The first-order valence-corrected chi connectivity index (χ1v) is 9.60. The average molecular weight is 367 g/mol. The molecule has 0 saturated carbocycles. The summed E-state index contributed by atoms with van der Waals surface area (Å²) in [5.41, 5.74) is 4.23. The molecule has 1 heterocycles. The van der Waals surface area contributed by atoms with E-state index in [0.717, 1.165) is 36.5 Å². The Morgan fingerprint density at radius 1 is 1.26 bits per heavy atom. The van der Waals surface area contributed by atoms with Crippen LogP contribution < -0.4 is 10.6 Å². The van der Waals surface area contributed by atoms with Gasteiger partial charge in [-0.05, 0) is 82.3 Å². The van der Waals surface area contributed by atoms with Gasteiger partial charge in [-0.3, -0.25) is 0 Å². The molecule has 2 N–H and O–H groups in total. The Labute approximate surface area is 161 Å². The smallest absolute Gasteiger partial charge is 0.407 e. The van der Waals surface area contributed by atoms with E-state index in [0.29, 0.717) is 12.5 Å². The molecule has 0 saturated heterocycles. The van der Waals surface area contributed by atoms with Crippen molar-refractivity contribution in [3.05, 3.63) is 53.2 Å². The second-order valence-electron chi connectivity index (χ2n) is 8.17. The fourth-order valence-corrected chi connectivity index (χ4v) is 3.49. The Hall–Kier alpha value is -2.56. The summed E-state index contributed by atoms with van der Waals surface area (Å²) < 4.78 is 5.34. The molecule has 0 spiro atoms. The van der Waals surface area contributed by atoms with Crippen molar-refractivity contribution in [1.29, 1.82) is 0 Å². The van der Waals surface area contributed by atoms with Crippen molar-refractivity contribution in [2.24, 2.45) is 0 Å². The normalized spacial score (nSPS) is 16.4. The summed E-state index contributed by atoms with van der Waals surface area (Å²) in [5.74, 6) is 1.18. The number of benzene rings is 1. The van der Waals surface area contributed by atoms with E-state index in [1.165, 1.54) is 11.1 Å². The van der Waals surface area contributed by atoms with E-state index < -0.39 is 5.60 Å². The van der Waals surface area contributed by atoms with Crippen LogP contribution in [0, 0.1) is 6.92 Å². The van der Waals surface area contributed by atoms with Crippen LogP contribution in [0.2, 0.25) is 0 Å². The minimum absolute atomic E-state index is 0.326. The first kappa shape index (κ1) is 19.2. The van der Waals surface area contributed by atoms with Gasteiger partial charge in [-0.25, -0.2) is 9.78 Å². The molecule has 1 atom stereocenters. The number of hydrogen-bond acceptors (Lipinski definition) is 4. The number of aryl methyl sites for hydroxylation is 2. The Morgan fingerprint density at radius 3 is 2.81 bits per heavy atom. The molecule has 0 fully saturated rings. The molecule has 0 aliphatic heterocycles. The molecular weight excluding hydrogens is 338 g/mol. The largest absolute Gasteiger partial charge is 0.444 e. The van der Waals surface area contributed by atoms with Gasteiger partial charge in [0.1, 0.15) is 11.4 Å². The van der Waals surface area contributed by atoms with Crippen molar-refractivity contribution < 1.29 is 9.53 Å². The van der Waals surface area contributed by atoms with Gasteiger partial charge >= 0.3 is 6.09 Å². The van der Waals surface area contributed by atoms with Crippen molar-refractivity contribution >= 4 is 17.6 Å². The molecule has 1 amide bonds. The second-order valence-corrected chi connectivity index (χ2v) is 8.17. The predicted molar refractivity (Wildman–Crippen MR) is 109 cm³/mol. The Morgan fingerprint density at radius 2 is 2.07 bits per heavy atom. The summed E-state index contributed by atoms with van der Waals surface area (Å²) in [7, 11) is 0. The van der Waals surface area contributed by atoms with E-state index in [1.54, 1.807) is 0 Å². The third kappa shape index (κ3) is 5.46. The number of hydrogen-bond donors (Lipinski definition) is 2. The third-order valence-corrected chi connectivity index (χ3v) is 4.63. The number of alkyl carbamates (subject to hydrolysis) is 1. The summed E-state index contributed by atoms with van der Waals surface area (Å²) in [6, 6.07) is 12.4. The maximum absolute atomic E-state index is 11.9. The summed E-state index contributed by atoms with van der Waals surface area (Å²) in [6.45, 7) is 8.22. The lowest BCUT2D eigenvalue weighted by atomic mass is 9.82. The molecule has 1 aliphatic carbocycles. The first-order chi connectivity index (χ1) is 12.8.